The Bertz CT molecular complexity index is 288. The topological polar surface area (TPSA) is 87.7 Å². The maximum atomic E-state index is 12.1. The lowest BCUT2D eigenvalue weighted by Gasteiger charge is -2.26. The molecule has 0 saturated carbocycles. The molecule has 98 valence electrons. The maximum absolute atomic E-state index is 12.1. The molecule has 4 N–H and O–H groups in total. The summed E-state index contributed by atoms with van der Waals surface area (Å²) in [6.07, 6.45) is 1.99. The molecule has 1 unspecified atom stereocenters. The van der Waals surface area contributed by atoms with E-state index in [1.54, 1.807) is 0 Å². The van der Waals surface area contributed by atoms with E-state index in [9.17, 15) is 4.79 Å². The van der Waals surface area contributed by atoms with Gasteiger partial charge in [0.25, 0.3) is 0 Å². The molecule has 0 aliphatic carbocycles. The van der Waals surface area contributed by atoms with Crippen molar-refractivity contribution in [3.63, 3.8) is 0 Å². The number of amides is 1. The molecular formula is C11H21N3O2S. The lowest BCUT2D eigenvalue weighted by atomic mass is 9.93. The van der Waals surface area contributed by atoms with Crippen LogP contribution in [0.25, 0.3) is 0 Å². The van der Waals surface area contributed by atoms with Gasteiger partial charge in [-0.3, -0.25) is 4.79 Å². The summed E-state index contributed by atoms with van der Waals surface area (Å²) in [5, 5.41) is 14.6. The molecule has 0 radical (unpaired) electrons. The lowest BCUT2D eigenvalue weighted by molar-refractivity contribution is -0.124. The van der Waals surface area contributed by atoms with Crippen LogP contribution in [0.1, 0.15) is 26.7 Å². The van der Waals surface area contributed by atoms with Crippen molar-refractivity contribution in [1.82, 2.24) is 5.32 Å². The molecule has 1 aliphatic heterocycles. The molecular weight excluding hydrogens is 238 g/mol. The third kappa shape index (κ3) is 4.11. The highest BCUT2D eigenvalue weighted by Crippen LogP contribution is 2.18. The number of rotatable bonds is 4. The second-order valence-electron chi connectivity index (χ2n) is 4.64. The number of carbonyl (C=O) groups excluding carboxylic acids is 1. The average Bonchev–Trinajstić information content (AvgIpc) is 2.29. The molecule has 1 rings (SSSR count). The first-order valence-electron chi connectivity index (χ1n) is 5.91. The van der Waals surface area contributed by atoms with Gasteiger partial charge in [-0.25, -0.2) is 0 Å². The summed E-state index contributed by atoms with van der Waals surface area (Å²) < 4.78 is 0. The molecule has 1 heterocycles. The van der Waals surface area contributed by atoms with E-state index < -0.39 is 5.92 Å². The van der Waals surface area contributed by atoms with Crippen molar-refractivity contribution < 1.29 is 10.0 Å². The lowest BCUT2D eigenvalue weighted by Crippen LogP contribution is -2.46. The molecule has 6 heteroatoms. The van der Waals surface area contributed by atoms with Crippen molar-refractivity contribution in [1.29, 1.82) is 0 Å². The van der Waals surface area contributed by atoms with Crippen molar-refractivity contribution in [3.8, 4) is 0 Å². The zero-order chi connectivity index (χ0) is 12.8. The molecule has 0 aromatic heterocycles. The highest BCUT2D eigenvalue weighted by Gasteiger charge is 2.28. The van der Waals surface area contributed by atoms with E-state index >= 15 is 0 Å². The SMILES string of the molecule is CC(C)C(C(=O)NC1CCSCC1)C(N)=NO. The minimum Gasteiger partial charge on any atom is -0.409 e. The third-order valence-electron chi connectivity index (χ3n) is 2.95. The fourth-order valence-corrected chi connectivity index (χ4v) is 3.08. The summed E-state index contributed by atoms with van der Waals surface area (Å²) in [5.74, 6) is 1.50. The summed E-state index contributed by atoms with van der Waals surface area (Å²) >= 11 is 1.91. The molecule has 17 heavy (non-hydrogen) atoms. The summed E-state index contributed by atoms with van der Waals surface area (Å²) in [6, 6.07) is 0.233. The molecule has 1 saturated heterocycles. The Kier molecular flexibility index (Phi) is 5.61. The normalized spacial score (nSPS) is 20.3. The largest absolute Gasteiger partial charge is 0.409 e. The molecule has 1 aliphatic rings. The summed E-state index contributed by atoms with van der Waals surface area (Å²) in [7, 11) is 0. The van der Waals surface area contributed by atoms with Crippen molar-refractivity contribution in [2.75, 3.05) is 11.5 Å². The van der Waals surface area contributed by atoms with Crippen LogP contribution in [0.3, 0.4) is 0 Å². The van der Waals surface area contributed by atoms with Crippen LogP contribution < -0.4 is 11.1 Å². The van der Waals surface area contributed by atoms with E-state index in [0.717, 1.165) is 24.3 Å². The predicted molar refractivity (Wildman–Crippen MR) is 70.2 cm³/mol. The Balaban J connectivity index is 2.58. The fourth-order valence-electron chi connectivity index (χ4n) is 1.97. The van der Waals surface area contributed by atoms with Gasteiger partial charge in [0.05, 0.1) is 0 Å². The van der Waals surface area contributed by atoms with Gasteiger partial charge in [-0.2, -0.15) is 11.8 Å². The number of hydrogen-bond donors (Lipinski definition) is 3. The number of hydrogen-bond acceptors (Lipinski definition) is 4. The second kappa shape index (κ2) is 6.74. The van der Waals surface area contributed by atoms with E-state index in [0.29, 0.717) is 0 Å². The zero-order valence-corrected chi connectivity index (χ0v) is 11.2. The molecule has 0 aromatic rings. The highest BCUT2D eigenvalue weighted by atomic mass is 32.2. The molecule has 0 spiro atoms. The standard InChI is InChI=1S/C11H21N3O2S/c1-7(2)9(10(12)14-16)11(15)13-8-3-5-17-6-4-8/h7-9,16H,3-6H2,1-2H3,(H2,12,14)(H,13,15). The molecule has 0 bridgehead atoms. The number of oxime groups is 1. The van der Waals surface area contributed by atoms with Gasteiger partial charge in [0.2, 0.25) is 5.91 Å². The van der Waals surface area contributed by atoms with Gasteiger partial charge < -0.3 is 16.3 Å². The first kappa shape index (κ1) is 14.2. The number of amidine groups is 1. The van der Waals surface area contributed by atoms with E-state index in [1.165, 1.54) is 0 Å². The van der Waals surface area contributed by atoms with Gasteiger partial charge >= 0.3 is 0 Å². The van der Waals surface area contributed by atoms with Crippen molar-refractivity contribution in [2.45, 2.75) is 32.7 Å². The van der Waals surface area contributed by atoms with E-state index in [2.05, 4.69) is 10.5 Å². The Morgan fingerprint density at radius 3 is 2.53 bits per heavy atom. The summed E-state index contributed by atoms with van der Waals surface area (Å²) in [5.41, 5.74) is 5.56. The van der Waals surface area contributed by atoms with Gasteiger partial charge in [0.1, 0.15) is 5.92 Å². The minimum atomic E-state index is -0.547. The van der Waals surface area contributed by atoms with Crippen LogP contribution in [0.2, 0.25) is 0 Å². The fraction of sp³-hybridized carbons (Fsp3) is 0.818. The summed E-state index contributed by atoms with van der Waals surface area (Å²) in [4.78, 5) is 12.1. The van der Waals surface area contributed by atoms with Gasteiger partial charge in [-0.15, -0.1) is 0 Å². The van der Waals surface area contributed by atoms with Crippen LogP contribution in [-0.2, 0) is 4.79 Å². The number of nitrogens with one attached hydrogen (secondary N) is 1. The molecule has 1 fully saturated rings. The van der Waals surface area contributed by atoms with Crippen molar-refractivity contribution in [3.05, 3.63) is 0 Å². The first-order valence-corrected chi connectivity index (χ1v) is 7.07. The Hall–Kier alpha value is -0.910. The van der Waals surface area contributed by atoms with Crippen molar-refractivity contribution in [2.24, 2.45) is 22.7 Å². The van der Waals surface area contributed by atoms with Crippen LogP contribution in [0.15, 0.2) is 5.16 Å². The highest BCUT2D eigenvalue weighted by molar-refractivity contribution is 7.99. The molecule has 1 amide bonds. The quantitative estimate of drug-likeness (QED) is 0.304. The average molecular weight is 259 g/mol. The maximum Gasteiger partial charge on any atom is 0.231 e. The van der Waals surface area contributed by atoms with E-state index in [1.807, 2.05) is 25.6 Å². The molecule has 0 aromatic carbocycles. The monoisotopic (exact) mass is 259 g/mol. The summed E-state index contributed by atoms with van der Waals surface area (Å²) in [6.45, 7) is 3.78. The van der Waals surface area contributed by atoms with E-state index in [-0.39, 0.29) is 23.7 Å². The second-order valence-corrected chi connectivity index (χ2v) is 5.87. The van der Waals surface area contributed by atoms with Gasteiger partial charge in [0.15, 0.2) is 5.84 Å². The third-order valence-corrected chi connectivity index (χ3v) is 4.00. The van der Waals surface area contributed by atoms with Gasteiger partial charge in [-0.05, 0) is 30.3 Å². The van der Waals surface area contributed by atoms with Gasteiger partial charge in [-0.1, -0.05) is 19.0 Å². The van der Waals surface area contributed by atoms with Crippen molar-refractivity contribution >= 4 is 23.5 Å². The predicted octanol–water partition coefficient (Wildman–Crippen LogP) is 1.02. The van der Waals surface area contributed by atoms with Crippen LogP contribution in [0, 0.1) is 11.8 Å². The Morgan fingerprint density at radius 2 is 2.06 bits per heavy atom. The minimum absolute atomic E-state index is 0.0114. The van der Waals surface area contributed by atoms with E-state index in [4.69, 9.17) is 10.9 Å². The number of carbonyl (C=O) groups is 1. The Morgan fingerprint density at radius 1 is 1.47 bits per heavy atom. The van der Waals surface area contributed by atoms with Crippen LogP contribution >= 0.6 is 11.8 Å². The molecule has 1 atom stereocenters. The number of thioether (sulfide) groups is 1. The number of nitrogens with two attached hydrogens (primary N) is 1. The zero-order valence-electron chi connectivity index (χ0n) is 10.3. The van der Waals surface area contributed by atoms with Crippen LogP contribution in [-0.4, -0.2) is 34.5 Å². The van der Waals surface area contributed by atoms with Gasteiger partial charge in [0, 0.05) is 6.04 Å². The molecule has 5 nitrogen and oxygen atoms in total. The smallest absolute Gasteiger partial charge is 0.231 e. The van der Waals surface area contributed by atoms with Crippen LogP contribution in [0.4, 0.5) is 0 Å². The number of nitrogens with zero attached hydrogens (tertiary/aromatic N) is 1. The first-order chi connectivity index (χ1) is 8.06. The Labute approximate surface area is 106 Å². The van der Waals surface area contributed by atoms with Crippen LogP contribution in [0.5, 0.6) is 0 Å².